The average Bonchev–Trinajstić information content (AvgIpc) is 3.92. The summed E-state index contributed by atoms with van der Waals surface area (Å²) >= 11 is 0. The number of pyridine rings is 1. The lowest BCUT2D eigenvalue weighted by Gasteiger charge is -2.22. The zero-order valence-corrected chi connectivity index (χ0v) is 38.9. The number of carbonyl (C=O) groups excluding carboxylic acids is 6. The standard InChI is InChI=1S/C46H53N9O15/c1-46(2,3)45(63)70-33-21-38(69-34(33)23-56)55-22-27(39-32(55)20-35(47)52-42(39)60)9-7-11-49-36(57)24-66-14-15-67-37(53-54-48)25-68-31-10-6-8-26(19-31)40(58)50-12-13-51-41(59)28-16-29(43(61)64-4)18-30(17-28)44(62)65-5/h6,8,10,16-20,22,33-34,37-38,56H,11-15,21,23-25H2,1-5H3,(H,49,57)(H,50,58)(H,51,59)(H3,47,52,60)/t33-,34+,37?,38+/m0/s1. The van der Waals surface area contributed by atoms with Crippen LogP contribution >= 0.6 is 0 Å². The van der Waals surface area contributed by atoms with Gasteiger partial charge in [0.05, 0.1) is 73.6 Å². The van der Waals surface area contributed by atoms with Crippen molar-refractivity contribution in [2.75, 3.05) is 72.6 Å². The SMILES string of the molecule is COC(=O)c1cc(C(=O)NCCNC(=O)c2cccc(OCC(N=[N+]=[N-])OCCOCC(=O)NCC#Cc3cn([C@H]4C[C@H](OC(=O)C(C)(C)C)[C@@H](CO)O4)c4cc(N)[nH]c(=O)c34)c2)cc(C(=O)OC)c1. The Morgan fingerprint density at radius 3 is 2.29 bits per heavy atom. The van der Waals surface area contributed by atoms with E-state index >= 15 is 0 Å². The Hall–Kier alpha value is -7.94. The van der Waals surface area contributed by atoms with Crippen LogP contribution in [0.4, 0.5) is 5.82 Å². The van der Waals surface area contributed by atoms with E-state index in [4.69, 9.17) is 44.4 Å². The predicted octanol–water partition coefficient (Wildman–Crippen LogP) is 2.10. The average molecular weight is 972 g/mol. The fourth-order valence-corrected chi connectivity index (χ4v) is 6.70. The summed E-state index contributed by atoms with van der Waals surface area (Å²) in [5.74, 6) is 2.47. The second-order valence-electron chi connectivity index (χ2n) is 16.3. The Balaban J connectivity index is 1.04. The van der Waals surface area contributed by atoms with Crippen LogP contribution in [0.1, 0.15) is 80.4 Å². The number of fused-ring (bicyclic) bond motifs is 1. The van der Waals surface area contributed by atoms with E-state index in [2.05, 4.69) is 42.8 Å². The van der Waals surface area contributed by atoms with Gasteiger partial charge >= 0.3 is 17.9 Å². The van der Waals surface area contributed by atoms with E-state index in [1.54, 1.807) is 49.7 Å². The third-order valence-electron chi connectivity index (χ3n) is 10.2. The number of aromatic nitrogens is 2. The van der Waals surface area contributed by atoms with Crippen LogP contribution in [0.25, 0.3) is 21.3 Å². The smallest absolute Gasteiger partial charge is 0.337 e. The first-order chi connectivity index (χ1) is 33.4. The van der Waals surface area contributed by atoms with E-state index in [0.29, 0.717) is 11.1 Å². The molecule has 1 aliphatic heterocycles. The number of benzene rings is 2. The monoisotopic (exact) mass is 971 g/mol. The summed E-state index contributed by atoms with van der Waals surface area (Å²) in [5.41, 5.74) is 14.6. The number of methoxy groups -OCH3 is 2. The van der Waals surface area contributed by atoms with Gasteiger partial charge in [0.15, 0.2) is 6.23 Å². The molecule has 1 unspecified atom stereocenters. The van der Waals surface area contributed by atoms with Gasteiger partial charge in [0.1, 0.15) is 43.2 Å². The van der Waals surface area contributed by atoms with E-state index < -0.39 is 77.9 Å². The highest BCUT2D eigenvalue weighted by Gasteiger charge is 2.41. The lowest BCUT2D eigenvalue weighted by atomic mass is 9.97. The van der Waals surface area contributed by atoms with Crippen LogP contribution < -0.4 is 32.0 Å². The number of hydrogen-bond donors (Lipinski definition) is 6. The number of aliphatic hydroxyl groups excluding tert-OH is 1. The molecule has 24 heteroatoms. The van der Waals surface area contributed by atoms with Crippen molar-refractivity contribution in [3.8, 4) is 17.6 Å². The molecule has 7 N–H and O–H groups in total. The molecule has 2 aromatic heterocycles. The molecule has 2 aromatic carbocycles. The molecule has 0 bridgehead atoms. The maximum atomic E-state index is 13.0. The zero-order valence-electron chi connectivity index (χ0n) is 38.9. The number of carbonyl (C=O) groups is 6. The Morgan fingerprint density at radius 2 is 1.64 bits per heavy atom. The summed E-state index contributed by atoms with van der Waals surface area (Å²) in [7, 11) is 2.32. The largest absolute Gasteiger partial charge is 0.491 e. The number of nitrogens with zero attached hydrogens (tertiary/aromatic N) is 4. The minimum atomic E-state index is -1.10. The highest BCUT2D eigenvalue weighted by atomic mass is 16.6. The molecule has 0 aliphatic carbocycles. The molecule has 5 rings (SSSR count). The second kappa shape index (κ2) is 24.9. The summed E-state index contributed by atoms with van der Waals surface area (Å²) in [6, 6.07) is 11.4. The number of amides is 3. The fraction of sp³-hybridized carbons (Fsp3) is 0.413. The first-order valence-electron chi connectivity index (χ1n) is 21.6. The molecule has 24 nitrogen and oxygen atoms in total. The summed E-state index contributed by atoms with van der Waals surface area (Å²) in [5, 5.41) is 21.6. The molecule has 0 radical (unpaired) electrons. The predicted molar refractivity (Wildman–Crippen MR) is 247 cm³/mol. The van der Waals surface area contributed by atoms with E-state index in [-0.39, 0.29) is 91.7 Å². The van der Waals surface area contributed by atoms with Gasteiger partial charge in [-0.3, -0.25) is 24.0 Å². The topological polar surface area (TPSA) is 336 Å². The number of H-pyrrole nitrogens is 1. The van der Waals surface area contributed by atoms with E-state index in [0.717, 1.165) is 14.2 Å². The third-order valence-corrected chi connectivity index (χ3v) is 10.2. The van der Waals surface area contributed by atoms with Gasteiger partial charge in [-0.05, 0) is 62.7 Å². The molecule has 70 heavy (non-hydrogen) atoms. The Bertz CT molecular complexity index is 2710. The van der Waals surface area contributed by atoms with E-state index in [1.165, 1.54) is 30.3 Å². The van der Waals surface area contributed by atoms with Crippen molar-refractivity contribution in [3.05, 3.63) is 103 Å². The lowest BCUT2D eigenvalue weighted by Crippen LogP contribution is -2.34. The maximum absolute atomic E-state index is 13.0. The molecule has 3 heterocycles. The van der Waals surface area contributed by atoms with Crippen molar-refractivity contribution in [2.24, 2.45) is 10.5 Å². The normalized spacial score (nSPS) is 15.6. The van der Waals surface area contributed by atoms with Gasteiger partial charge in [-0.2, -0.15) is 0 Å². The van der Waals surface area contributed by atoms with Crippen molar-refractivity contribution in [1.82, 2.24) is 25.5 Å². The van der Waals surface area contributed by atoms with Crippen molar-refractivity contribution < 1.29 is 67.0 Å². The van der Waals surface area contributed by atoms with Crippen LogP contribution in [-0.4, -0.2) is 136 Å². The number of esters is 3. The van der Waals surface area contributed by atoms with Crippen LogP contribution in [0.2, 0.25) is 0 Å². The van der Waals surface area contributed by atoms with Gasteiger partial charge in [-0.15, -0.1) is 0 Å². The molecule has 1 saturated heterocycles. The molecular formula is C46H53N9O15. The molecule has 0 saturated carbocycles. The van der Waals surface area contributed by atoms with Crippen LogP contribution in [0.5, 0.6) is 5.75 Å². The van der Waals surface area contributed by atoms with E-state index in [1.807, 2.05) is 0 Å². The number of nitrogens with one attached hydrogen (secondary N) is 4. The Labute approximate surface area is 400 Å². The molecule has 372 valence electrons. The minimum absolute atomic E-state index is 0.00107. The van der Waals surface area contributed by atoms with E-state index in [9.17, 15) is 38.7 Å². The van der Waals surface area contributed by atoms with Gasteiger partial charge in [-0.1, -0.05) is 23.0 Å². The summed E-state index contributed by atoms with van der Waals surface area (Å²) in [4.78, 5) is 93.2. The Morgan fingerprint density at radius 1 is 0.971 bits per heavy atom. The number of nitrogen functional groups attached to an aromatic ring is 1. The van der Waals surface area contributed by atoms with Gasteiger partial charge in [0, 0.05) is 47.8 Å². The number of anilines is 1. The fourth-order valence-electron chi connectivity index (χ4n) is 6.70. The van der Waals surface area contributed by atoms with Crippen LogP contribution in [-0.2, 0) is 38.0 Å². The summed E-state index contributed by atoms with van der Waals surface area (Å²) < 4.78 is 39.4. The van der Waals surface area contributed by atoms with Crippen molar-refractivity contribution in [1.29, 1.82) is 0 Å². The number of ether oxygens (including phenoxy) is 7. The zero-order chi connectivity index (χ0) is 51.0. The summed E-state index contributed by atoms with van der Waals surface area (Å²) in [6.07, 6.45) is -1.60. The molecule has 3 amide bonds. The number of azide groups is 1. The van der Waals surface area contributed by atoms with Crippen LogP contribution in [0, 0.1) is 17.3 Å². The number of aliphatic hydroxyl groups is 1. The number of hydrogen-bond acceptors (Lipinski definition) is 17. The van der Waals surface area contributed by atoms with Gasteiger partial charge in [0.25, 0.3) is 17.4 Å². The quantitative estimate of drug-likeness (QED) is 0.0132. The first-order valence-corrected chi connectivity index (χ1v) is 21.6. The molecule has 1 aliphatic rings. The number of rotatable bonds is 21. The molecule has 4 aromatic rings. The first kappa shape index (κ1) is 53.0. The van der Waals surface area contributed by atoms with Crippen LogP contribution in [0.15, 0.2) is 64.6 Å². The van der Waals surface area contributed by atoms with Crippen molar-refractivity contribution in [3.63, 3.8) is 0 Å². The Kier molecular flexibility index (Phi) is 18.9. The molecule has 0 spiro atoms. The van der Waals surface area contributed by atoms with Crippen LogP contribution in [0.3, 0.4) is 0 Å². The minimum Gasteiger partial charge on any atom is -0.491 e. The number of nitrogens with two attached hydrogens (primary N) is 1. The molecular weight excluding hydrogens is 919 g/mol. The highest BCUT2D eigenvalue weighted by Crippen LogP contribution is 2.35. The summed E-state index contributed by atoms with van der Waals surface area (Å²) in [6.45, 7) is 3.89. The molecule has 1 fully saturated rings. The van der Waals surface area contributed by atoms with Crippen molar-refractivity contribution >= 4 is 52.4 Å². The number of aromatic amines is 1. The third kappa shape index (κ3) is 14.5. The lowest BCUT2D eigenvalue weighted by molar-refractivity contribution is -0.162. The van der Waals surface area contributed by atoms with Gasteiger partial charge in [0.2, 0.25) is 5.91 Å². The van der Waals surface area contributed by atoms with Gasteiger partial charge in [-0.25, -0.2) is 9.59 Å². The second-order valence-corrected chi connectivity index (χ2v) is 16.3. The highest BCUT2D eigenvalue weighted by molar-refractivity contribution is 6.02. The molecule has 4 atom stereocenters. The van der Waals surface area contributed by atoms with Crippen molar-refractivity contribution in [2.45, 2.75) is 51.9 Å². The maximum Gasteiger partial charge on any atom is 0.337 e. The van der Waals surface area contributed by atoms with Gasteiger partial charge < -0.3 is 69.5 Å².